The molecule has 1 unspecified atom stereocenters. The summed E-state index contributed by atoms with van der Waals surface area (Å²) in [4.78, 5) is 13.3. The highest BCUT2D eigenvalue weighted by atomic mass is 16.5. The van der Waals surface area contributed by atoms with Crippen LogP contribution < -0.4 is 19.3 Å². The molecule has 0 spiro atoms. The second kappa shape index (κ2) is 6.95. The summed E-state index contributed by atoms with van der Waals surface area (Å²) >= 11 is 0. The number of nitrogens with zero attached hydrogens (tertiary/aromatic N) is 4. The third kappa shape index (κ3) is 3.09. The fraction of sp³-hybridized carbons (Fsp3) is 0.444. The van der Waals surface area contributed by atoms with E-state index in [-0.39, 0.29) is 0 Å². The number of hydrogen-bond acceptors (Lipinski definition) is 6. The quantitative estimate of drug-likeness (QED) is 0.841. The van der Waals surface area contributed by atoms with E-state index < -0.39 is 0 Å². The fourth-order valence-corrected chi connectivity index (χ4v) is 3.23. The van der Waals surface area contributed by atoms with Gasteiger partial charge in [0.1, 0.15) is 11.5 Å². The Labute approximate surface area is 143 Å². The Morgan fingerprint density at radius 2 is 1.92 bits per heavy atom. The highest BCUT2D eigenvalue weighted by Crippen LogP contribution is 2.38. The lowest BCUT2D eigenvalue weighted by atomic mass is 9.97. The zero-order valence-corrected chi connectivity index (χ0v) is 14.7. The van der Waals surface area contributed by atoms with E-state index >= 15 is 0 Å². The molecule has 2 aromatic rings. The van der Waals surface area contributed by atoms with Crippen LogP contribution >= 0.6 is 0 Å². The molecule has 0 aliphatic carbocycles. The molecule has 1 aliphatic heterocycles. The van der Waals surface area contributed by atoms with Gasteiger partial charge in [-0.1, -0.05) is 0 Å². The second-order valence-electron chi connectivity index (χ2n) is 6.14. The van der Waals surface area contributed by atoms with Gasteiger partial charge in [0, 0.05) is 51.1 Å². The summed E-state index contributed by atoms with van der Waals surface area (Å²) in [5, 5.41) is 0. The minimum absolute atomic E-state index is 0.382. The van der Waals surface area contributed by atoms with Gasteiger partial charge in [-0.3, -0.25) is 0 Å². The highest BCUT2D eigenvalue weighted by molar-refractivity contribution is 5.62. The molecule has 1 saturated heterocycles. The van der Waals surface area contributed by atoms with Gasteiger partial charge in [0.05, 0.1) is 14.2 Å². The van der Waals surface area contributed by atoms with Crippen LogP contribution in [-0.2, 0) is 0 Å². The summed E-state index contributed by atoms with van der Waals surface area (Å²) in [6.45, 7) is 1.84. The number of aromatic nitrogens is 2. The van der Waals surface area contributed by atoms with Crippen LogP contribution in [-0.4, -0.2) is 51.4 Å². The Kier molecular flexibility index (Phi) is 4.74. The van der Waals surface area contributed by atoms with Gasteiger partial charge in [-0.25, -0.2) is 9.97 Å². The molecule has 6 nitrogen and oxygen atoms in total. The maximum absolute atomic E-state index is 5.55. The second-order valence-corrected chi connectivity index (χ2v) is 6.14. The van der Waals surface area contributed by atoms with Crippen molar-refractivity contribution in [2.75, 3.05) is 51.2 Å². The highest BCUT2D eigenvalue weighted by Gasteiger charge is 2.29. The van der Waals surface area contributed by atoms with E-state index in [0.717, 1.165) is 42.6 Å². The number of anilines is 2. The topological polar surface area (TPSA) is 50.7 Å². The Morgan fingerprint density at radius 1 is 1.12 bits per heavy atom. The maximum Gasteiger partial charge on any atom is 0.171 e. The van der Waals surface area contributed by atoms with Crippen molar-refractivity contribution < 1.29 is 9.47 Å². The van der Waals surface area contributed by atoms with Crippen molar-refractivity contribution in [2.24, 2.45) is 0 Å². The molecule has 1 aromatic carbocycles. The molecular weight excluding hydrogens is 304 g/mol. The lowest BCUT2D eigenvalue weighted by molar-refractivity contribution is 0.396. The van der Waals surface area contributed by atoms with Gasteiger partial charge in [0.2, 0.25) is 0 Å². The Morgan fingerprint density at radius 3 is 2.62 bits per heavy atom. The third-order valence-electron chi connectivity index (χ3n) is 4.45. The van der Waals surface area contributed by atoms with Crippen LogP contribution in [0.15, 0.2) is 30.6 Å². The summed E-state index contributed by atoms with van der Waals surface area (Å²) in [5.74, 6) is 3.99. The number of benzene rings is 1. The number of methoxy groups -OCH3 is 2. The van der Waals surface area contributed by atoms with E-state index in [4.69, 9.17) is 9.47 Å². The van der Waals surface area contributed by atoms with Crippen LogP contribution in [0.2, 0.25) is 0 Å². The van der Waals surface area contributed by atoms with Gasteiger partial charge in [-0.2, -0.15) is 0 Å². The molecule has 1 fully saturated rings. The van der Waals surface area contributed by atoms with Gasteiger partial charge in [0.25, 0.3) is 0 Å². The molecule has 0 radical (unpaired) electrons. The van der Waals surface area contributed by atoms with E-state index in [1.54, 1.807) is 26.6 Å². The van der Waals surface area contributed by atoms with Crippen molar-refractivity contribution in [1.82, 2.24) is 9.97 Å². The average molecular weight is 328 g/mol. The third-order valence-corrected chi connectivity index (χ3v) is 4.45. The Bertz CT molecular complexity index is 705. The van der Waals surface area contributed by atoms with Crippen molar-refractivity contribution in [1.29, 1.82) is 0 Å². The van der Waals surface area contributed by atoms with Crippen molar-refractivity contribution in [2.45, 2.75) is 12.3 Å². The Hall–Kier alpha value is -2.50. The van der Waals surface area contributed by atoms with Crippen LogP contribution in [0.3, 0.4) is 0 Å². The first-order valence-electron chi connectivity index (χ1n) is 8.09. The van der Waals surface area contributed by atoms with Gasteiger partial charge in [-0.15, -0.1) is 0 Å². The van der Waals surface area contributed by atoms with Crippen molar-refractivity contribution in [3.63, 3.8) is 0 Å². The molecule has 0 bridgehead atoms. The van der Waals surface area contributed by atoms with E-state index in [1.165, 1.54) is 5.56 Å². The lowest BCUT2D eigenvalue weighted by Gasteiger charge is -2.23. The fourth-order valence-electron chi connectivity index (χ4n) is 3.23. The van der Waals surface area contributed by atoms with Crippen molar-refractivity contribution in [3.8, 4) is 11.5 Å². The van der Waals surface area contributed by atoms with Gasteiger partial charge >= 0.3 is 0 Å². The number of rotatable bonds is 5. The van der Waals surface area contributed by atoms with E-state index in [9.17, 15) is 0 Å². The lowest BCUT2D eigenvalue weighted by Crippen LogP contribution is -2.24. The van der Waals surface area contributed by atoms with Crippen LogP contribution in [0.4, 0.5) is 11.6 Å². The Balaban J connectivity index is 1.86. The molecule has 0 N–H and O–H groups in total. The van der Waals surface area contributed by atoms with Crippen molar-refractivity contribution in [3.05, 3.63) is 36.2 Å². The molecule has 1 aromatic heterocycles. The molecule has 2 heterocycles. The molecule has 1 aliphatic rings. The average Bonchev–Trinajstić information content (AvgIpc) is 3.10. The minimum Gasteiger partial charge on any atom is -0.497 e. The minimum atomic E-state index is 0.382. The number of hydrogen-bond donors (Lipinski definition) is 0. The summed E-state index contributed by atoms with van der Waals surface area (Å²) < 4.78 is 10.9. The van der Waals surface area contributed by atoms with E-state index in [1.807, 2.05) is 31.1 Å². The smallest absolute Gasteiger partial charge is 0.171 e. The largest absolute Gasteiger partial charge is 0.497 e. The first kappa shape index (κ1) is 16.4. The molecule has 1 atom stereocenters. The molecule has 0 saturated carbocycles. The van der Waals surface area contributed by atoms with E-state index in [0.29, 0.717) is 5.92 Å². The summed E-state index contributed by atoms with van der Waals surface area (Å²) in [6, 6.07) is 5.99. The predicted molar refractivity (Wildman–Crippen MR) is 95.5 cm³/mol. The zero-order chi connectivity index (χ0) is 17.1. The first-order valence-corrected chi connectivity index (χ1v) is 8.09. The number of ether oxygens (including phenoxy) is 2. The monoisotopic (exact) mass is 328 g/mol. The van der Waals surface area contributed by atoms with Gasteiger partial charge in [0.15, 0.2) is 11.6 Å². The SMILES string of the molecule is COc1ccc(OC)c(C2CCN(c3nccnc3N(C)C)C2)c1. The molecule has 128 valence electrons. The summed E-state index contributed by atoms with van der Waals surface area (Å²) in [6.07, 6.45) is 4.53. The van der Waals surface area contributed by atoms with Crippen LogP contribution in [0.1, 0.15) is 17.9 Å². The maximum atomic E-state index is 5.55. The normalized spacial score (nSPS) is 17.0. The molecule has 6 heteroatoms. The molecular formula is C18H24N4O2. The van der Waals surface area contributed by atoms with Crippen molar-refractivity contribution >= 4 is 11.6 Å². The zero-order valence-electron chi connectivity index (χ0n) is 14.7. The molecule has 3 rings (SSSR count). The van der Waals surface area contributed by atoms with E-state index in [2.05, 4.69) is 20.9 Å². The summed E-state index contributed by atoms with van der Waals surface area (Å²) in [7, 11) is 7.39. The predicted octanol–water partition coefficient (Wildman–Crippen LogP) is 2.55. The van der Waals surface area contributed by atoms with Gasteiger partial charge in [-0.05, 0) is 24.6 Å². The van der Waals surface area contributed by atoms with Crippen LogP contribution in [0.5, 0.6) is 11.5 Å². The molecule has 24 heavy (non-hydrogen) atoms. The standard InChI is InChI=1S/C18H24N4O2/c1-21(2)17-18(20-9-8-19-17)22-10-7-13(12-22)15-11-14(23-3)5-6-16(15)24-4/h5-6,8-9,11,13H,7,10,12H2,1-4H3. The molecule has 0 amide bonds. The summed E-state index contributed by atoms with van der Waals surface area (Å²) in [5.41, 5.74) is 1.19. The van der Waals surface area contributed by atoms with Crippen LogP contribution in [0.25, 0.3) is 0 Å². The van der Waals surface area contributed by atoms with Crippen LogP contribution in [0, 0.1) is 0 Å². The first-order chi connectivity index (χ1) is 11.6. The van der Waals surface area contributed by atoms with Gasteiger partial charge < -0.3 is 19.3 Å².